The van der Waals surface area contributed by atoms with Gasteiger partial charge in [-0.3, -0.25) is 4.90 Å². The summed E-state index contributed by atoms with van der Waals surface area (Å²) in [6.45, 7) is 4.93. The molecule has 0 aromatic heterocycles. The first kappa shape index (κ1) is 15.6. The first-order valence-electron chi connectivity index (χ1n) is 4.79. The molecule has 0 aromatic rings. The van der Waals surface area contributed by atoms with Crippen molar-refractivity contribution in [1.82, 2.24) is 9.80 Å². The molecule has 1 aliphatic rings. The molecule has 1 rings (SSSR count). The molecule has 0 saturated carbocycles. The summed E-state index contributed by atoms with van der Waals surface area (Å²) in [7, 11) is 0. The van der Waals surface area contributed by atoms with Gasteiger partial charge in [0.05, 0.1) is 6.07 Å². The normalized spacial score (nSPS) is 16.6. The molecule has 1 aliphatic heterocycles. The minimum Gasteiger partial charge on any atom is -0.411 e. The summed E-state index contributed by atoms with van der Waals surface area (Å²) < 4.78 is 0.585. The van der Waals surface area contributed by atoms with E-state index in [2.05, 4.69) is 15.9 Å². The Labute approximate surface area is 124 Å². The molecule has 15 heavy (non-hydrogen) atoms. The Morgan fingerprint density at radius 1 is 1.33 bits per heavy atom. The van der Waals surface area contributed by atoms with E-state index < -0.39 is 0 Å². The molecule has 0 spiro atoms. The SMILES string of the molecule is N#CCCCN1CCN(C(=S)[S-])CC1.[Na+]. The molecule has 0 radical (unpaired) electrons. The van der Waals surface area contributed by atoms with E-state index in [1.54, 1.807) is 0 Å². The molecule has 78 valence electrons. The number of nitriles is 1. The Hall–Kier alpha value is 0.560. The van der Waals surface area contributed by atoms with Crippen molar-refractivity contribution in [3.05, 3.63) is 0 Å². The van der Waals surface area contributed by atoms with Crippen LogP contribution in [0.4, 0.5) is 0 Å². The van der Waals surface area contributed by atoms with E-state index in [4.69, 9.17) is 30.1 Å². The average Bonchev–Trinajstić information content (AvgIpc) is 2.19. The van der Waals surface area contributed by atoms with Crippen molar-refractivity contribution in [3.8, 4) is 6.07 Å². The fourth-order valence-electron chi connectivity index (χ4n) is 1.54. The van der Waals surface area contributed by atoms with E-state index >= 15 is 0 Å². The summed E-state index contributed by atoms with van der Waals surface area (Å²) in [6.07, 6.45) is 1.62. The molecule has 6 heteroatoms. The smallest absolute Gasteiger partial charge is 0.411 e. The molecule has 0 aromatic carbocycles. The molecule has 0 bridgehead atoms. The van der Waals surface area contributed by atoms with Gasteiger partial charge in [-0.1, -0.05) is 4.32 Å². The molecule has 0 atom stereocenters. The van der Waals surface area contributed by atoms with Crippen molar-refractivity contribution in [2.45, 2.75) is 12.8 Å². The van der Waals surface area contributed by atoms with Gasteiger partial charge in [0.1, 0.15) is 0 Å². The third-order valence-corrected chi connectivity index (χ3v) is 2.91. The number of unbranched alkanes of at least 4 members (excludes halogenated alkanes) is 1. The molecule has 3 nitrogen and oxygen atoms in total. The van der Waals surface area contributed by atoms with Crippen molar-refractivity contribution in [2.75, 3.05) is 32.7 Å². The van der Waals surface area contributed by atoms with Crippen molar-refractivity contribution >= 4 is 29.2 Å². The fraction of sp³-hybridized carbons (Fsp3) is 0.778. The van der Waals surface area contributed by atoms with Gasteiger partial charge in [0.25, 0.3) is 0 Å². The monoisotopic (exact) mass is 251 g/mol. The maximum Gasteiger partial charge on any atom is 1.00 e. The molecule has 1 fully saturated rings. The van der Waals surface area contributed by atoms with Crippen LogP contribution < -0.4 is 29.6 Å². The van der Waals surface area contributed by atoms with Crippen molar-refractivity contribution < 1.29 is 29.6 Å². The van der Waals surface area contributed by atoms with Crippen LogP contribution in [0.2, 0.25) is 0 Å². The molecular weight excluding hydrogens is 237 g/mol. The van der Waals surface area contributed by atoms with Gasteiger partial charge in [-0.05, 0) is 13.0 Å². The molecule has 0 N–H and O–H groups in total. The van der Waals surface area contributed by atoms with Gasteiger partial charge in [-0.2, -0.15) is 5.26 Å². The van der Waals surface area contributed by atoms with Gasteiger partial charge >= 0.3 is 29.6 Å². The van der Waals surface area contributed by atoms with Gasteiger partial charge < -0.3 is 29.7 Å². The van der Waals surface area contributed by atoms with E-state index in [1.165, 1.54) is 0 Å². The average molecular weight is 251 g/mol. The second kappa shape index (κ2) is 8.68. The summed E-state index contributed by atoms with van der Waals surface area (Å²) >= 11 is 9.88. The number of hydrogen-bond acceptors (Lipinski definition) is 4. The zero-order valence-corrected chi connectivity index (χ0v) is 12.7. The maximum absolute atomic E-state index is 8.40. The first-order valence-corrected chi connectivity index (χ1v) is 5.61. The molecule has 0 unspecified atom stereocenters. The van der Waals surface area contributed by atoms with Crippen LogP contribution in [0.15, 0.2) is 0 Å². The van der Waals surface area contributed by atoms with Crippen LogP contribution >= 0.6 is 12.2 Å². The summed E-state index contributed by atoms with van der Waals surface area (Å²) in [5.74, 6) is 0. The number of thiocarbonyl (C=S) groups is 1. The molecule has 1 saturated heterocycles. The van der Waals surface area contributed by atoms with Crippen LogP contribution in [0.1, 0.15) is 12.8 Å². The maximum atomic E-state index is 8.40. The van der Waals surface area contributed by atoms with Crippen molar-refractivity contribution in [3.63, 3.8) is 0 Å². The Morgan fingerprint density at radius 3 is 2.40 bits per heavy atom. The molecular formula is C9H14N3NaS2. The van der Waals surface area contributed by atoms with Crippen LogP contribution in [-0.4, -0.2) is 46.8 Å². The minimum atomic E-state index is 0. The number of hydrogen-bond donors (Lipinski definition) is 0. The molecule has 0 aliphatic carbocycles. The predicted molar refractivity (Wildman–Crippen MR) is 62.8 cm³/mol. The summed E-state index contributed by atoms with van der Waals surface area (Å²) in [5.41, 5.74) is 0. The van der Waals surface area contributed by atoms with E-state index in [1.807, 2.05) is 0 Å². The fourth-order valence-corrected chi connectivity index (χ4v) is 1.90. The van der Waals surface area contributed by atoms with Crippen LogP contribution in [0.5, 0.6) is 0 Å². The largest absolute Gasteiger partial charge is 1.00 e. The van der Waals surface area contributed by atoms with E-state index in [0.717, 1.165) is 39.1 Å². The van der Waals surface area contributed by atoms with E-state index in [9.17, 15) is 0 Å². The van der Waals surface area contributed by atoms with Gasteiger partial charge in [0.2, 0.25) is 0 Å². The van der Waals surface area contributed by atoms with E-state index in [-0.39, 0.29) is 29.6 Å². The van der Waals surface area contributed by atoms with Gasteiger partial charge in [-0.15, -0.1) is 0 Å². The predicted octanol–water partition coefficient (Wildman–Crippen LogP) is -2.26. The number of piperazine rings is 1. The Morgan fingerprint density at radius 2 is 1.93 bits per heavy atom. The summed E-state index contributed by atoms with van der Waals surface area (Å²) in [4.78, 5) is 4.42. The van der Waals surface area contributed by atoms with E-state index in [0.29, 0.717) is 10.7 Å². The van der Waals surface area contributed by atoms with Gasteiger partial charge in [-0.25, -0.2) is 0 Å². The summed E-state index contributed by atoms with van der Waals surface area (Å²) in [6, 6.07) is 2.16. The zero-order chi connectivity index (χ0) is 10.4. The Bertz CT molecular complexity index is 234. The molecule has 1 heterocycles. The third-order valence-electron chi connectivity index (χ3n) is 2.39. The second-order valence-electron chi connectivity index (χ2n) is 3.36. The van der Waals surface area contributed by atoms with Crippen molar-refractivity contribution in [2.24, 2.45) is 0 Å². The third kappa shape index (κ3) is 6.00. The first-order chi connectivity index (χ1) is 6.74. The van der Waals surface area contributed by atoms with Crippen LogP contribution in [-0.2, 0) is 12.6 Å². The van der Waals surface area contributed by atoms with Crippen LogP contribution in [0, 0.1) is 11.3 Å². The summed E-state index contributed by atoms with van der Waals surface area (Å²) in [5, 5.41) is 8.40. The molecule has 0 amide bonds. The van der Waals surface area contributed by atoms with Crippen LogP contribution in [0.3, 0.4) is 0 Å². The number of nitrogens with zero attached hydrogens (tertiary/aromatic N) is 3. The van der Waals surface area contributed by atoms with Gasteiger partial charge in [0, 0.05) is 32.6 Å². The minimum absolute atomic E-state index is 0. The van der Waals surface area contributed by atoms with Crippen molar-refractivity contribution in [1.29, 1.82) is 5.26 Å². The van der Waals surface area contributed by atoms with Gasteiger partial charge in [0.15, 0.2) is 0 Å². The Kier molecular flexibility index (Phi) is 9.01. The zero-order valence-electron chi connectivity index (χ0n) is 9.11. The van der Waals surface area contributed by atoms with Crippen LogP contribution in [0.25, 0.3) is 0 Å². The number of rotatable bonds is 3. The standard InChI is InChI=1S/C9H15N3S2.Na/c10-3-1-2-4-11-5-7-12(8-6-11)9(13)14;/h1-2,4-8H2,(H,13,14);/q;+1/p-1. The second-order valence-corrected chi connectivity index (χ2v) is 4.39. The quantitative estimate of drug-likeness (QED) is 0.245. The Balaban J connectivity index is 0.00000196. The topological polar surface area (TPSA) is 30.3 Å².